The molecule has 0 aliphatic rings. The number of ether oxygens (including phenoxy) is 2. The van der Waals surface area contributed by atoms with Gasteiger partial charge in [-0.3, -0.25) is 33.5 Å². The van der Waals surface area contributed by atoms with Gasteiger partial charge in [0.2, 0.25) is 27.7 Å². The normalized spacial score (nSPS) is 11.9. The number of hydrogen-bond donors (Lipinski definition) is 5. The minimum Gasteiger partial charge on any atom is -0.481 e. The SMILES string of the molecule is CNC(=O)CCC(CC(=O)COCCOCCNC(=O)CCCS(=O)(=O)NC(=O)CCCCCCCCCCCCCCCCC(=O)O)C(=O)O. The Kier molecular flexibility index (Phi) is 29.7. The third-order valence-corrected chi connectivity index (χ3v) is 9.52. The number of amides is 3. The van der Waals surface area contributed by atoms with Crippen molar-refractivity contribution < 1.29 is 56.9 Å². The van der Waals surface area contributed by atoms with Crippen LogP contribution in [0.15, 0.2) is 0 Å². The van der Waals surface area contributed by atoms with Crippen LogP contribution in [0.2, 0.25) is 0 Å². The number of carboxylic acids is 2. The summed E-state index contributed by atoms with van der Waals surface area (Å²) in [6.45, 7) is 0.300. The molecule has 16 heteroatoms. The molecule has 0 aromatic carbocycles. The Balaban J connectivity index is 3.71. The van der Waals surface area contributed by atoms with Crippen molar-refractivity contribution >= 4 is 45.5 Å². The number of Topliss-reactive ketones (excluding diaryl/α,β-unsaturated/α-hetero) is 1. The Morgan fingerprint density at radius 3 is 1.65 bits per heavy atom. The topological polar surface area (TPSA) is 232 Å². The zero-order valence-corrected chi connectivity index (χ0v) is 31.4. The molecular formula is C35H63N3O12S. The highest BCUT2D eigenvalue weighted by Gasteiger charge is 2.22. The van der Waals surface area contributed by atoms with Gasteiger partial charge in [-0.25, -0.2) is 8.42 Å². The number of aliphatic carboxylic acids is 2. The average Bonchev–Trinajstić information content (AvgIpc) is 3.06. The lowest BCUT2D eigenvalue weighted by Gasteiger charge is -2.11. The van der Waals surface area contributed by atoms with E-state index < -0.39 is 39.6 Å². The van der Waals surface area contributed by atoms with E-state index in [9.17, 15) is 42.3 Å². The zero-order chi connectivity index (χ0) is 38.2. The van der Waals surface area contributed by atoms with Gasteiger partial charge >= 0.3 is 11.9 Å². The van der Waals surface area contributed by atoms with E-state index in [1.165, 1.54) is 45.6 Å². The van der Waals surface area contributed by atoms with Crippen LogP contribution in [-0.2, 0) is 48.3 Å². The Labute approximate surface area is 303 Å². The lowest BCUT2D eigenvalue weighted by molar-refractivity contribution is -0.144. The summed E-state index contributed by atoms with van der Waals surface area (Å²) in [6, 6.07) is 0. The van der Waals surface area contributed by atoms with Gasteiger partial charge in [0.1, 0.15) is 6.61 Å². The third-order valence-electron chi connectivity index (χ3n) is 8.16. The largest absolute Gasteiger partial charge is 0.481 e. The molecule has 3 amide bonds. The number of hydrogen-bond acceptors (Lipinski definition) is 10. The van der Waals surface area contributed by atoms with Crippen LogP contribution in [0.25, 0.3) is 0 Å². The quantitative estimate of drug-likeness (QED) is 0.0575. The third kappa shape index (κ3) is 32.5. The maximum Gasteiger partial charge on any atom is 0.306 e. The molecule has 0 saturated carbocycles. The lowest BCUT2D eigenvalue weighted by atomic mass is 9.97. The number of carboxylic acid groups (broad SMARTS) is 2. The molecule has 0 fully saturated rings. The van der Waals surface area contributed by atoms with Crippen molar-refractivity contribution in [2.75, 3.05) is 45.8 Å². The molecule has 0 bridgehead atoms. The number of ketones is 1. The van der Waals surface area contributed by atoms with Gasteiger partial charge in [0.15, 0.2) is 5.78 Å². The summed E-state index contributed by atoms with van der Waals surface area (Å²) >= 11 is 0. The second-order valence-corrected chi connectivity index (χ2v) is 14.6. The van der Waals surface area contributed by atoms with Crippen molar-refractivity contribution in [3.63, 3.8) is 0 Å². The van der Waals surface area contributed by atoms with E-state index in [2.05, 4.69) is 15.4 Å². The Bertz CT molecular complexity index is 1120. The second kappa shape index (κ2) is 31.6. The first-order valence-corrected chi connectivity index (χ1v) is 20.1. The van der Waals surface area contributed by atoms with Gasteiger partial charge < -0.3 is 30.3 Å². The summed E-state index contributed by atoms with van der Waals surface area (Å²) in [4.78, 5) is 69.1. The summed E-state index contributed by atoms with van der Waals surface area (Å²) < 4.78 is 37.0. The molecule has 0 aliphatic heterocycles. The first-order valence-electron chi connectivity index (χ1n) is 18.5. The Morgan fingerprint density at radius 2 is 1.12 bits per heavy atom. The predicted octanol–water partition coefficient (Wildman–Crippen LogP) is 3.87. The molecular weight excluding hydrogens is 686 g/mol. The van der Waals surface area contributed by atoms with Crippen molar-refractivity contribution in [2.24, 2.45) is 5.92 Å². The van der Waals surface area contributed by atoms with Crippen LogP contribution in [0.5, 0.6) is 0 Å². The van der Waals surface area contributed by atoms with Gasteiger partial charge in [-0.1, -0.05) is 77.0 Å². The highest BCUT2D eigenvalue weighted by Crippen LogP contribution is 2.14. The van der Waals surface area contributed by atoms with Crippen LogP contribution in [-0.4, -0.2) is 99.8 Å². The number of carbonyl (C=O) groups is 6. The molecule has 0 aromatic rings. The van der Waals surface area contributed by atoms with Crippen LogP contribution in [0.1, 0.15) is 135 Å². The highest BCUT2D eigenvalue weighted by atomic mass is 32.2. The van der Waals surface area contributed by atoms with E-state index >= 15 is 0 Å². The van der Waals surface area contributed by atoms with E-state index in [1.54, 1.807) is 0 Å². The molecule has 0 aromatic heterocycles. The second-order valence-electron chi connectivity index (χ2n) is 12.8. The number of nitrogens with one attached hydrogen (secondary N) is 3. The fraction of sp³-hybridized carbons (Fsp3) is 0.829. The van der Waals surface area contributed by atoms with Crippen LogP contribution >= 0.6 is 0 Å². The Hall–Kier alpha value is -3.11. The molecule has 0 rings (SSSR count). The summed E-state index contributed by atoms with van der Waals surface area (Å²) in [5, 5.41) is 22.9. The summed E-state index contributed by atoms with van der Waals surface area (Å²) in [6.07, 6.45) is 15.1. The molecule has 5 N–H and O–H groups in total. The minimum atomic E-state index is -3.82. The molecule has 296 valence electrons. The number of unbranched alkanes of at least 4 members (excludes halogenated alkanes) is 13. The monoisotopic (exact) mass is 749 g/mol. The molecule has 1 atom stereocenters. The maximum atomic E-state index is 12.2. The first kappa shape index (κ1) is 47.9. The van der Waals surface area contributed by atoms with Crippen molar-refractivity contribution in [1.29, 1.82) is 0 Å². The van der Waals surface area contributed by atoms with Crippen LogP contribution < -0.4 is 15.4 Å². The molecule has 0 aliphatic carbocycles. The van der Waals surface area contributed by atoms with Crippen molar-refractivity contribution in [2.45, 2.75) is 135 Å². The highest BCUT2D eigenvalue weighted by molar-refractivity contribution is 7.90. The van der Waals surface area contributed by atoms with Gasteiger partial charge in [0.25, 0.3) is 0 Å². The molecule has 0 heterocycles. The van der Waals surface area contributed by atoms with Gasteiger partial charge in [0, 0.05) is 45.7 Å². The first-order chi connectivity index (χ1) is 24.4. The summed E-state index contributed by atoms with van der Waals surface area (Å²) in [7, 11) is -2.37. The van der Waals surface area contributed by atoms with Gasteiger partial charge in [-0.05, 0) is 25.7 Å². The van der Waals surface area contributed by atoms with Gasteiger partial charge in [-0.2, -0.15) is 0 Å². The average molecular weight is 750 g/mol. The maximum absolute atomic E-state index is 12.2. The van der Waals surface area contributed by atoms with E-state index in [1.807, 2.05) is 0 Å². The van der Waals surface area contributed by atoms with Crippen LogP contribution in [0, 0.1) is 5.92 Å². The van der Waals surface area contributed by atoms with E-state index in [-0.39, 0.29) is 95.5 Å². The summed E-state index contributed by atoms with van der Waals surface area (Å²) in [5.74, 6) is -4.76. The van der Waals surface area contributed by atoms with Crippen molar-refractivity contribution in [1.82, 2.24) is 15.4 Å². The Morgan fingerprint density at radius 1 is 0.608 bits per heavy atom. The van der Waals surface area contributed by atoms with Gasteiger partial charge in [-0.15, -0.1) is 0 Å². The smallest absolute Gasteiger partial charge is 0.306 e. The molecule has 0 saturated heterocycles. The molecule has 1 unspecified atom stereocenters. The lowest BCUT2D eigenvalue weighted by Crippen LogP contribution is -2.33. The molecule has 15 nitrogen and oxygen atoms in total. The fourth-order valence-electron chi connectivity index (χ4n) is 5.22. The molecule has 51 heavy (non-hydrogen) atoms. The fourth-order valence-corrected chi connectivity index (χ4v) is 6.29. The van der Waals surface area contributed by atoms with Crippen molar-refractivity contribution in [3.8, 4) is 0 Å². The molecule has 0 radical (unpaired) electrons. The van der Waals surface area contributed by atoms with Crippen molar-refractivity contribution in [3.05, 3.63) is 0 Å². The van der Waals surface area contributed by atoms with E-state index in [4.69, 9.17) is 14.6 Å². The van der Waals surface area contributed by atoms with Crippen LogP contribution in [0.3, 0.4) is 0 Å². The van der Waals surface area contributed by atoms with Crippen LogP contribution in [0.4, 0.5) is 0 Å². The zero-order valence-electron chi connectivity index (χ0n) is 30.6. The summed E-state index contributed by atoms with van der Waals surface area (Å²) in [5.41, 5.74) is 0. The minimum absolute atomic E-state index is 0.0101. The number of sulfonamides is 1. The predicted molar refractivity (Wildman–Crippen MR) is 191 cm³/mol. The molecule has 0 spiro atoms. The number of rotatable bonds is 36. The van der Waals surface area contributed by atoms with E-state index in [0.29, 0.717) is 6.42 Å². The number of carbonyl (C=O) groups excluding carboxylic acids is 4. The van der Waals surface area contributed by atoms with Gasteiger partial charge in [0.05, 0.1) is 31.5 Å². The standard InChI is InChI=1S/C35H63N3O12S/c1-36-31(40)21-20-29(35(45)46)27-30(39)28-50-25-24-49-23-22-37-32(41)18-16-26-51(47,48)38-33(42)17-14-12-10-8-6-4-2-3-5-7-9-11-13-15-19-34(43)44/h29H,2-28H2,1H3,(H,36,40)(H,37,41)(H,38,42)(H,43,44)(H,45,46). The van der Waals surface area contributed by atoms with E-state index in [0.717, 1.165) is 44.9 Å².